The summed E-state index contributed by atoms with van der Waals surface area (Å²) in [5, 5.41) is 3.75. The predicted molar refractivity (Wildman–Crippen MR) is 120 cm³/mol. The molecule has 0 radical (unpaired) electrons. The van der Waals surface area contributed by atoms with E-state index < -0.39 is 23.8 Å². The molecule has 1 atom stereocenters. The summed E-state index contributed by atoms with van der Waals surface area (Å²) in [5.41, 5.74) is 0.532. The number of carbonyl (C=O) groups is 3. The number of cyclic esters (lactones) is 1. The van der Waals surface area contributed by atoms with Gasteiger partial charge in [0.1, 0.15) is 11.8 Å². The quantitative estimate of drug-likeness (QED) is 0.658. The molecule has 0 unspecified atom stereocenters. The Morgan fingerprint density at radius 3 is 2.54 bits per heavy atom. The summed E-state index contributed by atoms with van der Waals surface area (Å²) in [6.45, 7) is 1.98. The van der Waals surface area contributed by atoms with E-state index in [1.165, 1.54) is 16.9 Å². The molecular formula is C23H25F2N5O5. The Labute approximate surface area is 200 Å². The molecule has 3 heterocycles. The highest BCUT2D eigenvalue weighted by Gasteiger charge is 2.34. The lowest BCUT2D eigenvalue weighted by Crippen LogP contribution is -2.35. The SMILES string of the molecule is CC(=O)NC[C@H]1CN(c2cc(F)c(N3CCON(C(=O)Cc4ccncc4)CC3)c(F)c2)C(=O)O1. The Kier molecular flexibility index (Phi) is 7.39. The number of nitrogens with one attached hydrogen (secondary N) is 1. The maximum Gasteiger partial charge on any atom is 0.414 e. The number of ether oxygens (including phenoxy) is 1. The summed E-state index contributed by atoms with van der Waals surface area (Å²) >= 11 is 0. The summed E-state index contributed by atoms with van der Waals surface area (Å²) in [4.78, 5) is 47.9. The normalized spacial score (nSPS) is 18.3. The monoisotopic (exact) mass is 489 g/mol. The number of anilines is 2. The van der Waals surface area contributed by atoms with Crippen molar-refractivity contribution in [1.82, 2.24) is 15.4 Å². The number of hydroxylamine groups is 2. The number of hydrogen-bond acceptors (Lipinski definition) is 7. The Hall–Kier alpha value is -3.80. The molecule has 0 spiro atoms. The second-order valence-corrected chi connectivity index (χ2v) is 8.16. The molecule has 1 aromatic carbocycles. The fourth-order valence-corrected chi connectivity index (χ4v) is 3.94. The van der Waals surface area contributed by atoms with Gasteiger partial charge in [-0.25, -0.2) is 18.6 Å². The van der Waals surface area contributed by atoms with Crippen molar-refractivity contribution in [3.8, 4) is 0 Å². The third-order valence-electron chi connectivity index (χ3n) is 5.65. The van der Waals surface area contributed by atoms with Crippen molar-refractivity contribution < 1.29 is 32.7 Å². The molecule has 12 heteroatoms. The third-order valence-corrected chi connectivity index (χ3v) is 5.65. The van der Waals surface area contributed by atoms with Gasteiger partial charge >= 0.3 is 6.09 Å². The summed E-state index contributed by atoms with van der Waals surface area (Å²) < 4.78 is 35.3. The van der Waals surface area contributed by atoms with Crippen molar-refractivity contribution in [2.75, 3.05) is 49.1 Å². The predicted octanol–water partition coefficient (Wildman–Crippen LogP) is 1.64. The number of rotatable bonds is 6. The molecule has 3 amide bonds. The van der Waals surface area contributed by atoms with Gasteiger partial charge < -0.3 is 15.0 Å². The van der Waals surface area contributed by atoms with Crippen LogP contribution in [0, 0.1) is 11.6 Å². The molecule has 1 aromatic heterocycles. The van der Waals surface area contributed by atoms with Crippen molar-refractivity contribution in [1.29, 1.82) is 0 Å². The first kappa shape index (κ1) is 24.3. The van der Waals surface area contributed by atoms with Crippen molar-refractivity contribution in [3.63, 3.8) is 0 Å². The number of pyridine rings is 1. The highest BCUT2D eigenvalue weighted by atomic mass is 19.1. The van der Waals surface area contributed by atoms with E-state index in [1.54, 1.807) is 24.5 Å². The van der Waals surface area contributed by atoms with Gasteiger partial charge in [-0.15, -0.1) is 0 Å². The van der Waals surface area contributed by atoms with Gasteiger partial charge in [0, 0.05) is 44.5 Å². The van der Waals surface area contributed by atoms with E-state index in [0.29, 0.717) is 0 Å². The van der Waals surface area contributed by atoms with Crippen LogP contribution in [0.4, 0.5) is 25.0 Å². The molecule has 1 N–H and O–H groups in total. The lowest BCUT2D eigenvalue weighted by molar-refractivity contribution is -0.181. The van der Waals surface area contributed by atoms with Crippen LogP contribution in [-0.2, 0) is 25.6 Å². The molecule has 2 fully saturated rings. The first-order chi connectivity index (χ1) is 16.8. The number of nitrogens with zero attached hydrogens (tertiary/aromatic N) is 4. The van der Waals surface area contributed by atoms with Crippen LogP contribution >= 0.6 is 0 Å². The van der Waals surface area contributed by atoms with Gasteiger partial charge in [-0.2, -0.15) is 0 Å². The van der Waals surface area contributed by atoms with Crippen molar-refractivity contribution in [2.24, 2.45) is 0 Å². The van der Waals surface area contributed by atoms with Gasteiger partial charge in [-0.1, -0.05) is 0 Å². The van der Waals surface area contributed by atoms with Crippen LogP contribution in [0.25, 0.3) is 0 Å². The molecule has 4 rings (SSSR count). The van der Waals surface area contributed by atoms with Crippen LogP contribution in [0.2, 0.25) is 0 Å². The van der Waals surface area contributed by atoms with E-state index >= 15 is 8.78 Å². The lowest BCUT2D eigenvalue weighted by atomic mass is 10.2. The number of halogens is 2. The molecule has 2 aliphatic rings. The first-order valence-corrected chi connectivity index (χ1v) is 11.1. The second kappa shape index (κ2) is 10.6. The summed E-state index contributed by atoms with van der Waals surface area (Å²) in [6.07, 6.45) is 1.92. The zero-order chi connectivity index (χ0) is 24.9. The molecule has 0 bridgehead atoms. The maximum absolute atomic E-state index is 15.1. The van der Waals surface area contributed by atoms with E-state index in [-0.39, 0.29) is 68.9 Å². The van der Waals surface area contributed by atoms with E-state index in [1.807, 2.05) is 0 Å². The highest BCUT2D eigenvalue weighted by Crippen LogP contribution is 2.31. The largest absolute Gasteiger partial charge is 0.442 e. The Morgan fingerprint density at radius 2 is 1.86 bits per heavy atom. The molecule has 0 aliphatic carbocycles. The molecule has 186 valence electrons. The van der Waals surface area contributed by atoms with Crippen molar-refractivity contribution >= 4 is 29.3 Å². The van der Waals surface area contributed by atoms with Crippen LogP contribution in [0.1, 0.15) is 12.5 Å². The molecule has 2 aliphatic heterocycles. The first-order valence-electron chi connectivity index (χ1n) is 11.1. The fourth-order valence-electron chi connectivity index (χ4n) is 3.94. The molecule has 2 saturated heterocycles. The van der Waals surface area contributed by atoms with Gasteiger partial charge in [-0.05, 0) is 17.7 Å². The third kappa shape index (κ3) is 5.83. The fraction of sp³-hybridized carbons (Fsp3) is 0.391. The lowest BCUT2D eigenvalue weighted by Gasteiger charge is -2.24. The number of hydrogen-bond donors (Lipinski definition) is 1. The molecule has 35 heavy (non-hydrogen) atoms. The summed E-state index contributed by atoms with van der Waals surface area (Å²) in [6, 6.07) is 5.59. The van der Waals surface area contributed by atoms with E-state index in [0.717, 1.165) is 22.6 Å². The molecule has 10 nitrogen and oxygen atoms in total. The average molecular weight is 489 g/mol. The van der Waals surface area contributed by atoms with Crippen LogP contribution in [0.5, 0.6) is 0 Å². The van der Waals surface area contributed by atoms with Crippen LogP contribution in [0.15, 0.2) is 36.7 Å². The van der Waals surface area contributed by atoms with Crippen molar-refractivity contribution in [3.05, 3.63) is 53.9 Å². The Morgan fingerprint density at radius 1 is 1.14 bits per heavy atom. The number of amides is 3. The topological polar surface area (TPSA) is 104 Å². The van der Waals surface area contributed by atoms with Gasteiger partial charge in [0.2, 0.25) is 5.91 Å². The minimum atomic E-state index is -0.852. The maximum atomic E-state index is 15.1. The van der Waals surface area contributed by atoms with E-state index in [2.05, 4.69) is 10.3 Å². The summed E-state index contributed by atoms with van der Waals surface area (Å²) in [5.74, 6) is -2.25. The zero-order valence-corrected chi connectivity index (χ0v) is 19.1. The van der Waals surface area contributed by atoms with Crippen molar-refractivity contribution in [2.45, 2.75) is 19.4 Å². The zero-order valence-electron chi connectivity index (χ0n) is 19.1. The Balaban J connectivity index is 1.42. The minimum Gasteiger partial charge on any atom is -0.442 e. The smallest absolute Gasteiger partial charge is 0.414 e. The van der Waals surface area contributed by atoms with Crippen LogP contribution < -0.4 is 15.1 Å². The van der Waals surface area contributed by atoms with Gasteiger partial charge in [-0.3, -0.25) is 24.3 Å². The molecular weight excluding hydrogens is 464 g/mol. The van der Waals surface area contributed by atoms with Crippen LogP contribution in [0.3, 0.4) is 0 Å². The Bertz CT molecular complexity index is 1080. The standard InChI is InChI=1S/C23H25F2N5O5/c1-15(31)27-13-18-14-29(23(33)35-18)17-11-19(24)22(20(25)12-17)28-6-7-30(34-9-8-28)21(32)10-16-2-4-26-5-3-16/h2-5,11-12,18H,6-10,13-14H2,1H3,(H,27,31)/t18-/m0/s1. The molecule has 2 aromatic rings. The second-order valence-electron chi connectivity index (χ2n) is 8.16. The number of aromatic nitrogens is 1. The molecule has 0 saturated carbocycles. The van der Waals surface area contributed by atoms with Crippen LogP contribution in [-0.4, -0.2) is 73.4 Å². The van der Waals surface area contributed by atoms with E-state index in [4.69, 9.17) is 9.57 Å². The highest BCUT2D eigenvalue weighted by molar-refractivity contribution is 5.90. The van der Waals surface area contributed by atoms with Gasteiger partial charge in [0.15, 0.2) is 11.6 Å². The average Bonchev–Trinajstić information content (AvgIpc) is 3.02. The van der Waals surface area contributed by atoms with Gasteiger partial charge in [0.25, 0.3) is 5.91 Å². The minimum absolute atomic E-state index is 0.0132. The summed E-state index contributed by atoms with van der Waals surface area (Å²) in [7, 11) is 0. The number of carbonyl (C=O) groups excluding carboxylic acids is 3. The van der Waals surface area contributed by atoms with E-state index in [9.17, 15) is 14.4 Å². The number of benzene rings is 1. The van der Waals surface area contributed by atoms with Gasteiger partial charge in [0.05, 0.1) is 38.3 Å².